The van der Waals surface area contributed by atoms with Gasteiger partial charge in [-0.2, -0.15) is 0 Å². The Morgan fingerprint density at radius 3 is 1.79 bits per heavy atom. The summed E-state index contributed by atoms with van der Waals surface area (Å²) < 4.78 is 12.8. The van der Waals surface area contributed by atoms with Crippen LogP contribution in [0.4, 0.5) is 0 Å². The van der Waals surface area contributed by atoms with Crippen molar-refractivity contribution < 1.29 is 34.4 Å². The third kappa shape index (κ3) is 7.35. The number of aliphatic hydroxyl groups excluding tert-OH is 3. The van der Waals surface area contributed by atoms with Crippen LogP contribution in [0.5, 0.6) is 0 Å². The van der Waals surface area contributed by atoms with Crippen molar-refractivity contribution in [2.45, 2.75) is 201 Å². The predicted molar refractivity (Wildman–Crippen MR) is 237 cm³/mol. The fourth-order valence-electron chi connectivity index (χ4n) is 18.5. The van der Waals surface area contributed by atoms with E-state index >= 15 is 0 Å². The number of hydrogen-bond acceptors (Lipinski definition) is 9. The Balaban J connectivity index is 0.754. The molecule has 8 saturated carbocycles. The van der Waals surface area contributed by atoms with Gasteiger partial charge in [0.2, 0.25) is 0 Å². The number of esters is 2. The summed E-state index contributed by atoms with van der Waals surface area (Å²) in [6.45, 7) is 14.5. The van der Waals surface area contributed by atoms with Crippen molar-refractivity contribution in [3.8, 4) is 0 Å². The van der Waals surface area contributed by atoms with Crippen LogP contribution in [0.1, 0.15) is 182 Å². The van der Waals surface area contributed by atoms with Crippen LogP contribution in [-0.2, 0) is 25.7 Å². The molecule has 8 fully saturated rings. The lowest BCUT2D eigenvalue weighted by Gasteiger charge is -2.62. The van der Waals surface area contributed by atoms with Crippen LogP contribution in [0, 0.1) is 92.7 Å². The number of fused-ring (bicyclic) bond motifs is 10. The Morgan fingerprint density at radius 2 is 1.23 bits per heavy atom. The minimum absolute atomic E-state index is 0.0866. The number of carbonyl (C=O) groups excluding carboxylic acids is 2. The first-order valence-corrected chi connectivity index (χ1v) is 25.7. The molecule has 9 rings (SSSR count). The van der Waals surface area contributed by atoms with E-state index in [-0.39, 0.29) is 64.6 Å². The summed E-state index contributed by atoms with van der Waals surface area (Å²) in [5.74, 6) is 5.89. The van der Waals surface area contributed by atoms with Crippen molar-refractivity contribution in [1.29, 1.82) is 0 Å². The number of nitrogens with zero attached hydrogens (tertiary/aromatic N) is 3. The molecule has 8 aliphatic rings. The number of methoxy groups -OCH3 is 1. The summed E-state index contributed by atoms with van der Waals surface area (Å²) in [5.41, 5.74) is 0.953. The summed E-state index contributed by atoms with van der Waals surface area (Å²) in [6.07, 6.45) is 21.2. The summed E-state index contributed by atoms with van der Waals surface area (Å²) in [5, 5.41) is 43.5. The molecule has 0 aliphatic heterocycles. The lowest BCUT2D eigenvalue weighted by Crippen LogP contribution is -2.58. The number of carbonyl (C=O) groups is 2. The molecule has 0 radical (unpaired) electrons. The van der Waals surface area contributed by atoms with Crippen molar-refractivity contribution in [2.24, 2.45) is 92.7 Å². The smallest absolute Gasteiger partial charge is 0.306 e. The fraction of sp³-hybridized carbons (Fsp3) is 0.923. The van der Waals surface area contributed by atoms with Gasteiger partial charge >= 0.3 is 11.9 Å². The minimum atomic E-state index is -0.314. The van der Waals surface area contributed by atoms with Crippen molar-refractivity contribution in [3.05, 3.63) is 11.9 Å². The lowest BCUT2D eigenvalue weighted by atomic mass is 9.43. The van der Waals surface area contributed by atoms with E-state index in [2.05, 4.69) is 51.9 Å². The third-order valence-corrected chi connectivity index (χ3v) is 22.2. The molecule has 348 valence electrons. The highest BCUT2D eigenvalue weighted by atomic mass is 16.5. The monoisotopic (exact) mass is 862 g/mol. The van der Waals surface area contributed by atoms with Crippen LogP contribution in [0.3, 0.4) is 0 Å². The molecule has 0 spiro atoms. The molecule has 0 unspecified atom stereocenters. The van der Waals surface area contributed by atoms with E-state index in [1.165, 1.54) is 45.6 Å². The van der Waals surface area contributed by atoms with Gasteiger partial charge in [-0.1, -0.05) is 46.8 Å². The number of rotatable bonds is 11. The second-order valence-corrected chi connectivity index (χ2v) is 24.2. The molecule has 10 heteroatoms. The molecular weight excluding hydrogens is 779 g/mol. The predicted octanol–water partition coefficient (Wildman–Crippen LogP) is 9.49. The van der Waals surface area contributed by atoms with E-state index in [1.807, 2.05) is 10.9 Å². The average molecular weight is 862 g/mol. The van der Waals surface area contributed by atoms with Crippen LogP contribution >= 0.6 is 0 Å². The Hall–Kier alpha value is -2.04. The van der Waals surface area contributed by atoms with E-state index < -0.39 is 0 Å². The number of aliphatic hydroxyl groups is 3. The normalized spacial score (nSPS) is 48.0. The van der Waals surface area contributed by atoms with Crippen molar-refractivity contribution in [2.75, 3.05) is 7.11 Å². The highest BCUT2D eigenvalue weighted by molar-refractivity contribution is 5.69. The maximum absolute atomic E-state index is 13.2. The molecule has 1 aromatic rings. The van der Waals surface area contributed by atoms with Gasteiger partial charge in [0.05, 0.1) is 37.7 Å². The molecule has 1 heterocycles. The van der Waals surface area contributed by atoms with Gasteiger partial charge in [-0.3, -0.25) is 9.59 Å². The summed E-state index contributed by atoms with van der Waals surface area (Å²) in [6, 6.07) is 0.281. The minimum Gasteiger partial charge on any atom is -0.469 e. The maximum atomic E-state index is 13.2. The van der Waals surface area contributed by atoms with E-state index in [9.17, 15) is 24.9 Å². The summed E-state index contributed by atoms with van der Waals surface area (Å²) >= 11 is 0. The van der Waals surface area contributed by atoms with Gasteiger partial charge in [0, 0.05) is 12.8 Å². The molecule has 3 N–H and O–H groups in total. The molecule has 8 aliphatic carbocycles. The zero-order valence-electron chi connectivity index (χ0n) is 39.5. The molecule has 20 atom stereocenters. The number of aromatic nitrogens is 3. The number of ether oxygens (including phenoxy) is 2. The Labute approximate surface area is 372 Å². The molecule has 0 bridgehead atoms. The SMILES string of the molecule is COC(=O)CC[C@@H](C)[C@H]1CC[C@H]2[C@@H]3CC[C@@H]4C[C@H](n5cc(COC(=O)CC[C@@H](C)[C@H]6CC[C@H]7[C@@H]8CC[C@@H]9C[C@H](O)CC[C@]9(C)[C@H]8C[C@H](O)[C@]67C)nn5)CC[C@]4(C)[C@H]3C[C@H](O)[C@]12C. The first-order valence-electron chi connectivity index (χ1n) is 25.7. The van der Waals surface area contributed by atoms with Gasteiger partial charge in [-0.25, -0.2) is 4.68 Å². The van der Waals surface area contributed by atoms with Crippen LogP contribution in [0.2, 0.25) is 0 Å². The zero-order valence-corrected chi connectivity index (χ0v) is 39.5. The topological polar surface area (TPSA) is 144 Å². The molecule has 1 aromatic heterocycles. The van der Waals surface area contributed by atoms with Gasteiger partial charge in [0.25, 0.3) is 0 Å². The van der Waals surface area contributed by atoms with Gasteiger partial charge < -0.3 is 24.8 Å². The van der Waals surface area contributed by atoms with E-state index in [1.54, 1.807) is 0 Å². The first-order chi connectivity index (χ1) is 29.5. The van der Waals surface area contributed by atoms with E-state index in [0.29, 0.717) is 89.6 Å². The van der Waals surface area contributed by atoms with Crippen molar-refractivity contribution >= 4 is 11.9 Å². The first kappa shape index (κ1) is 45.1. The molecule has 10 nitrogen and oxygen atoms in total. The summed E-state index contributed by atoms with van der Waals surface area (Å²) in [4.78, 5) is 25.2. The van der Waals surface area contributed by atoms with Gasteiger partial charge in [-0.05, 0) is 208 Å². The Morgan fingerprint density at radius 1 is 0.694 bits per heavy atom. The largest absolute Gasteiger partial charge is 0.469 e. The second-order valence-electron chi connectivity index (χ2n) is 24.2. The Kier molecular flexibility index (Phi) is 12.4. The molecule has 62 heavy (non-hydrogen) atoms. The quantitative estimate of drug-likeness (QED) is 0.185. The third-order valence-electron chi connectivity index (χ3n) is 22.2. The summed E-state index contributed by atoms with van der Waals surface area (Å²) in [7, 11) is 1.47. The standard InChI is InChI=1S/C52H83N3O7/c1-30(8-18-47(59)61-7)39-14-16-41-37-12-10-32-24-35(20-22-49(32,3)43(37)26-45(57)51(39,41)5)55-28-34(53-54-55)29-62-48(60)19-9-31(2)40-15-17-42-38-13-11-33-25-36(56)21-23-50(33,4)44(38)27-46(58)52(40,42)6/h28,30-33,35-46,56-58H,8-27,29H2,1-7H3/t30-,31-,32-,33-,35-,36-,37+,38+,39-,40-,41+,42+,43+,44+,45+,46+,49+,50+,51-,52-/m1/s1. The van der Waals surface area contributed by atoms with Crippen LogP contribution < -0.4 is 0 Å². The number of hydrogen-bond donors (Lipinski definition) is 3. The van der Waals surface area contributed by atoms with Crippen LogP contribution in [0.25, 0.3) is 0 Å². The zero-order chi connectivity index (χ0) is 43.9. The highest BCUT2D eigenvalue weighted by Gasteiger charge is 2.65. The van der Waals surface area contributed by atoms with Gasteiger partial charge in [-0.15, -0.1) is 5.10 Å². The van der Waals surface area contributed by atoms with Gasteiger partial charge in [0.15, 0.2) is 0 Å². The highest BCUT2D eigenvalue weighted by Crippen LogP contribution is 2.70. The average Bonchev–Trinajstić information content (AvgIpc) is 3.98. The van der Waals surface area contributed by atoms with Crippen LogP contribution in [0.15, 0.2) is 6.20 Å². The Bertz CT molecular complexity index is 1790. The molecule has 0 amide bonds. The molecule has 0 saturated heterocycles. The van der Waals surface area contributed by atoms with E-state index in [0.717, 1.165) is 77.0 Å². The van der Waals surface area contributed by atoms with Gasteiger partial charge in [0.1, 0.15) is 12.3 Å². The van der Waals surface area contributed by atoms with E-state index in [4.69, 9.17) is 9.47 Å². The lowest BCUT2D eigenvalue weighted by molar-refractivity contribution is -0.175. The molecule has 0 aromatic carbocycles. The molecular formula is C52H83N3O7. The van der Waals surface area contributed by atoms with Crippen molar-refractivity contribution in [1.82, 2.24) is 15.0 Å². The van der Waals surface area contributed by atoms with Crippen LogP contribution in [-0.4, -0.2) is 67.7 Å². The maximum Gasteiger partial charge on any atom is 0.306 e. The van der Waals surface area contributed by atoms with Crippen molar-refractivity contribution in [3.63, 3.8) is 0 Å². The fourth-order valence-corrected chi connectivity index (χ4v) is 18.5. The second kappa shape index (κ2) is 17.0.